The molecule has 0 radical (unpaired) electrons. The molecule has 2 aromatic carbocycles. The predicted octanol–water partition coefficient (Wildman–Crippen LogP) is 4.82. The molecular weight excluding hydrogens is 395 g/mol. The van der Waals surface area contributed by atoms with Crippen molar-refractivity contribution in [2.45, 2.75) is 13.0 Å². The lowest BCUT2D eigenvalue weighted by Crippen LogP contribution is -2.34. The van der Waals surface area contributed by atoms with Gasteiger partial charge in [0, 0.05) is 23.0 Å². The van der Waals surface area contributed by atoms with Crippen molar-refractivity contribution in [3.05, 3.63) is 74.9 Å². The highest BCUT2D eigenvalue weighted by Crippen LogP contribution is 2.27. The van der Waals surface area contributed by atoms with E-state index in [4.69, 9.17) is 15.7 Å². The molecule has 0 saturated heterocycles. The molecule has 1 heterocycles. The third kappa shape index (κ3) is 3.68. The van der Waals surface area contributed by atoms with Crippen LogP contribution in [0.2, 0.25) is 5.02 Å². The van der Waals surface area contributed by atoms with Gasteiger partial charge in [-0.2, -0.15) is 0 Å². The normalized spacial score (nSPS) is 14.1. The fraction of sp³-hybridized carbons (Fsp3) is 0.158. The Labute approximate surface area is 166 Å². The molecule has 0 saturated carbocycles. The summed E-state index contributed by atoms with van der Waals surface area (Å²) in [5, 5.41) is 1.77. The first kappa shape index (κ1) is 16.0. The van der Waals surface area contributed by atoms with Crippen LogP contribution in [0.5, 0.6) is 0 Å². The van der Waals surface area contributed by atoms with E-state index in [1.165, 1.54) is 13.0 Å². The van der Waals surface area contributed by atoms with Gasteiger partial charge in [0.15, 0.2) is 11.6 Å². The van der Waals surface area contributed by atoms with Gasteiger partial charge in [0.1, 0.15) is 5.82 Å². The van der Waals surface area contributed by atoms with Crippen molar-refractivity contribution in [3.63, 3.8) is 0 Å². The van der Waals surface area contributed by atoms with Gasteiger partial charge in [0.25, 0.3) is 5.56 Å². The number of hydrogen-bond donors (Lipinski definition) is 2. The fourth-order valence-corrected chi connectivity index (χ4v) is 2.87. The largest absolute Gasteiger partial charge is 0.328 e. The van der Waals surface area contributed by atoms with Crippen LogP contribution in [0, 0.1) is 17.5 Å². The molecule has 0 fully saturated rings. The number of benzene rings is 2. The number of fused-ring (bicyclic) bond motifs is 1. The molecule has 0 aliphatic carbocycles. The first-order chi connectivity index (χ1) is 14.4. The first-order valence-corrected chi connectivity index (χ1v) is 8.33. The number of aromatic nitrogens is 1. The minimum atomic E-state index is -2.96. The summed E-state index contributed by atoms with van der Waals surface area (Å²) < 4.78 is 64.1. The Morgan fingerprint density at radius 1 is 1.18 bits per heavy atom. The molecular formula is C19H15ClF3N3O2. The van der Waals surface area contributed by atoms with Gasteiger partial charge in [0.2, 0.25) is 0 Å². The molecule has 0 aliphatic rings. The van der Waals surface area contributed by atoms with Gasteiger partial charge in [-0.05, 0) is 48.2 Å². The van der Waals surface area contributed by atoms with Crippen molar-refractivity contribution in [1.29, 1.82) is 0 Å². The van der Waals surface area contributed by atoms with E-state index >= 15 is 0 Å². The quantitative estimate of drug-likeness (QED) is 0.647. The Kier molecular flexibility index (Phi) is 4.32. The number of nitrogens with zero attached hydrogens (tertiary/aromatic N) is 1. The van der Waals surface area contributed by atoms with E-state index in [1.54, 1.807) is 0 Å². The van der Waals surface area contributed by atoms with E-state index in [1.807, 2.05) is 0 Å². The van der Waals surface area contributed by atoms with E-state index in [9.17, 15) is 22.8 Å². The van der Waals surface area contributed by atoms with Crippen LogP contribution in [0.1, 0.15) is 22.6 Å². The standard InChI is InChI=1S/C19H15ClF3N3O2/c1-9(26(2)19(28)25-10-3-4-15(21)14(20)5-10)13-8-24-18(27)12-7-17(23)16(22)6-11(12)13/h3-9H,1-2H3,(H,24,27)(H,25,28)/t9-/m1/s1/i2D3. The molecule has 1 aromatic heterocycles. The first-order valence-electron chi connectivity index (χ1n) is 9.46. The lowest BCUT2D eigenvalue weighted by molar-refractivity contribution is 0.208. The second-order valence-corrected chi connectivity index (χ2v) is 6.40. The van der Waals surface area contributed by atoms with Crippen molar-refractivity contribution in [2.24, 2.45) is 0 Å². The molecule has 0 aliphatic heterocycles. The van der Waals surface area contributed by atoms with E-state index in [-0.39, 0.29) is 27.0 Å². The molecule has 2 N–H and O–H groups in total. The van der Waals surface area contributed by atoms with Crippen molar-refractivity contribution in [3.8, 4) is 0 Å². The van der Waals surface area contributed by atoms with Gasteiger partial charge in [0.05, 0.1) is 16.5 Å². The molecule has 0 unspecified atom stereocenters. The van der Waals surface area contributed by atoms with Crippen LogP contribution in [-0.2, 0) is 0 Å². The molecule has 0 bridgehead atoms. The fourth-order valence-electron chi connectivity index (χ4n) is 2.69. The summed E-state index contributed by atoms with van der Waals surface area (Å²) in [6, 6.07) is 2.44. The van der Waals surface area contributed by atoms with Crippen LogP contribution in [-0.4, -0.2) is 22.9 Å². The van der Waals surface area contributed by atoms with E-state index in [2.05, 4.69) is 10.3 Å². The van der Waals surface area contributed by atoms with Gasteiger partial charge in [-0.3, -0.25) is 4.79 Å². The molecule has 146 valence electrons. The second kappa shape index (κ2) is 7.55. The Morgan fingerprint density at radius 2 is 1.86 bits per heavy atom. The highest BCUT2D eigenvalue weighted by atomic mass is 35.5. The van der Waals surface area contributed by atoms with Crippen molar-refractivity contribution in [2.75, 3.05) is 12.3 Å². The zero-order chi connectivity index (χ0) is 23.1. The summed E-state index contributed by atoms with van der Waals surface area (Å²) in [6.45, 7) is -1.62. The number of hydrogen-bond acceptors (Lipinski definition) is 2. The van der Waals surface area contributed by atoms with Gasteiger partial charge in [-0.1, -0.05) is 11.6 Å². The Morgan fingerprint density at radius 3 is 2.50 bits per heavy atom. The average molecular weight is 413 g/mol. The number of aromatic amines is 1. The molecule has 3 rings (SSSR count). The maximum Gasteiger partial charge on any atom is 0.322 e. The van der Waals surface area contributed by atoms with Crippen molar-refractivity contribution >= 4 is 34.1 Å². The molecule has 28 heavy (non-hydrogen) atoms. The lowest BCUT2D eigenvalue weighted by Gasteiger charge is -2.26. The highest BCUT2D eigenvalue weighted by molar-refractivity contribution is 6.31. The maximum atomic E-state index is 13.8. The molecule has 1 atom stereocenters. The summed E-state index contributed by atoms with van der Waals surface area (Å²) in [5.74, 6) is -3.21. The zero-order valence-electron chi connectivity index (χ0n) is 17.3. The van der Waals surface area contributed by atoms with Crippen LogP contribution in [0.25, 0.3) is 10.8 Å². The van der Waals surface area contributed by atoms with Crippen molar-refractivity contribution in [1.82, 2.24) is 9.88 Å². The zero-order valence-corrected chi connectivity index (χ0v) is 15.1. The number of anilines is 1. The predicted molar refractivity (Wildman–Crippen MR) is 101 cm³/mol. The van der Waals surface area contributed by atoms with Crippen LogP contribution < -0.4 is 10.9 Å². The monoisotopic (exact) mass is 412 g/mol. The summed E-state index contributed by atoms with van der Waals surface area (Å²) in [6.07, 6.45) is 1.13. The number of rotatable bonds is 3. The van der Waals surface area contributed by atoms with E-state index in [0.29, 0.717) is 11.0 Å². The number of nitrogens with one attached hydrogen (secondary N) is 2. The van der Waals surface area contributed by atoms with E-state index in [0.717, 1.165) is 24.4 Å². The van der Waals surface area contributed by atoms with Gasteiger partial charge in [-0.25, -0.2) is 18.0 Å². The second-order valence-electron chi connectivity index (χ2n) is 5.99. The van der Waals surface area contributed by atoms with Crippen LogP contribution in [0.15, 0.2) is 41.3 Å². The molecule has 9 heteroatoms. The molecule has 5 nitrogen and oxygen atoms in total. The summed E-state index contributed by atoms with van der Waals surface area (Å²) in [4.78, 5) is 27.7. The van der Waals surface area contributed by atoms with Crippen molar-refractivity contribution < 1.29 is 22.1 Å². The Bertz CT molecular complexity index is 1230. The summed E-state index contributed by atoms with van der Waals surface area (Å²) in [7, 11) is 0. The topological polar surface area (TPSA) is 65.2 Å². The third-order valence-corrected chi connectivity index (χ3v) is 4.49. The number of urea groups is 1. The number of halogens is 4. The maximum absolute atomic E-state index is 13.8. The number of amides is 2. The minimum absolute atomic E-state index is 0.0392. The molecule has 0 spiro atoms. The molecule has 3 aromatic rings. The average Bonchev–Trinajstić information content (AvgIpc) is 2.65. The Hall–Kier alpha value is -3.00. The SMILES string of the molecule is [2H]C([2H])([2H])N(C(=O)Nc1ccc(F)c(Cl)c1)[C@H](C)c1c[nH]c(=O)c2cc(F)c(F)cc12. The number of carbonyl (C=O) groups is 1. The lowest BCUT2D eigenvalue weighted by atomic mass is 10.0. The van der Waals surface area contributed by atoms with Gasteiger partial charge in [-0.15, -0.1) is 0 Å². The highest BCUT2D eigenvalue weighted by Gasteiger charge is 2.21. The van der Waals surface area contributed by atoms with Gasteiger partial charge >= 0.3 is 6.03 Å². The van der Waals surface area contributed by atoms with E-state index < -0.39 is 42.1 Å². The third-order valence-electron chi connectivity index (χ3n) is 4.20. The summed E-state index contributed by atoms with van der Waals surface area (Å²) in [5.41, 5.74) is -0.607. The number of carbonyl (C=O) groups excluding carboxylic acids is 1. The van der Waals surface area contributed by atoms with Crippen LogP contribution in [0.4, 0.5) is 23.7 Å². The number of H-pyrrole nitrogens is 1. The van der Waals surface area contributed by atoms with Crippen LogP contribution >= 0.6 is 11.6 Å². The van der Waals surface area contributed by atoms with Crippen LogP contribution in [0.3, 0.4) is 0 Å². The Balaban J connectivity index is 2.06. The van der Waals surface area contributed by atoms with Gasteiger partial charge < -0.3 is 15.2 Å². The molecule has 2 amide bonds. The summed E-state index contributed by atoms with van der Waals surface area (Å²) >= 11 is 5.68. The smallest absolute Gasteiger partial charge is 0.322 e. The minimum Gasteiger partial charge on any atom is -0.328 e. The number of pyridine rings is 1.